The Bertz CT molecular complexity index is 328. The third-order valence-electron chi connectivity index (χ3n) is 1.91. The SMILES string of the molecule is N[C@H](CS)Cc1cccc(C(=O)O)c1. The van der Waals surface area contributed by atoms with E-state index in [9.17, 15) is 4.79 Å². The molecule has 0 saturated carbocycles. The van der Waals surface area contributed by atoms with Crippen molar-refractivity contribution in [3.63, 3.8) is 0 Å². The summed E-state index contributed by atoms with van der Waals surface area (Å²) in [6.07, 6.45) is 0.657. The van der Waals surface area contributed by atoms with Crippen molar-refractivity contribution in [3.8, 4) is 0 Å². The Morgan fingerprint density at radius 2 is 2.29 bits per heavy atom. The molecule has 0 aromatic heterocycles. The fraction of sp³-hybridized carbons (Fsp3) is 0.300. The number of benzene rings is 1. The van der Waals surface area contributed by atoms with Crippen molar-refractivity contribution in [2.24, 2.45) is 5.73 Å². The first-order chi connectivity index (χ1) is 6.63. The molecule has 0 aliphatic carbocycles. The van der Waals surface area contributed by atoms with Crippen LogP contribution in [0.3, 0.4) is 0 Å². The van der Waals surface area contributed by atoms with Crippen LogP contribution in [0, 0.1) is 0 Å². The molecule has 0 aliphatic heterocycles. The molecule has 4 heteroatoms. The second-order valence-corrected chi connectivity index (χ2v) is 3.52. The van der Waals surface area contributed by atoms with Crippen LogP contribution in [-0.4, -0.2) is 22.9 Å². The van der Waals surface area contributed by atoms with E-state index in [0.29, 0.717) is 17.7 Å². The average Bonchev–Trinajstić information content (AvgIpc) is 2.18. The fourth-order valence-corrected chi connectivity index (χ4v) is 1.33. The molecule has 14 heavy (non-hydrogen) atoms. The number of hydrogen-bond donors (Lipinski definition) is 3. The minimum absolute atomic E-state index is 0.0256. The Morgan fingerprint density at radius 3 is 2.86 bits per heavy atom. The van der Waals surface area contributed by atoms with Crippen LogP contribution in [-0.2, 0) is 6.42 Å². The largest absolute Gasteiger partial charge is 0.478 e. The molecule has 0 heterocycles. The van der Waals surface area contributed by atoms with Crippen molar-refractivity contribution in [1.82, 2.24) is 0 Å². The van der Waals surface area contributed by atoms with Gasteiger partial charge < -0.3 is 10.8 Å². The van der Waals surface area contributed by atoms with Gasteiger partial charge in [-0.3, -0.25) is 0 Å². The molecule has 76 valence electrons. The highest BCUT2D eigenvalue weighted by atomic mass is 32.1. The first kappa shape index (κ1) is 11.1. The predicted molar refractivity (Wildman–Crippen MR) is 58.9 cm³/mol. The molecule has 1 atom stereocenters. The van der Waals surface area contributed by atoms with Gasteiger partial charge in [0.1, 0.15) is 0 Å². The zero-order chi connectivity index (χ0) is 10.6. The zero-order valence-electron chi connectivity index (χ0n) is 7.68. The Balaban J connectivity index is 2.78. The van der Waals surface area contributed by atoms with Gasteiger partial charge in [-0.1, -0.05) is 12.1 Å². The molecule has 0 saturated heterocycles. The topological polar surface area (TPSA) is 63.3 Å². The van der Waals surface area contributed by atoms with Crippen LogP contribution in [0.4, 0.5) is 0 Å². The molecule has 0 aliphatic rings. The maximum Gasteiger partial charge on any atom is 0.335 e. The number of hydrogen-bond acceptors (Lipinski definition) is 3. The minimum Gasteiger partial charge on any atom is -0.478 e. The van der Waals surface area contributed by atoms with Crippen molar-refractivity contribution in [1.29, 1.82) is 0 Å². The number of carbonyl (C=O) groups is 1. The lowest BCUT2D eigenvalue weighted by molar-refractivity contribution is 0.0696. The summed E-state index contributed by atoms with van der Waals surface area (Å²) in [5.41, 5.74) is 6.94. The maximum absolute atomic E-state index is 10.7. The van der Waals surface area contributed by atoms with Crippen molar-refractivity contribution in [2.75, 3.05) is 5.75 Å². The van der Waals surface area contributed by atoms with Gasteiger partial charge in [0, 0.05) is 11.8 Å². The first-order valence-corrected chi connectivity index (χ1v) is 4.95. The highest BCUT2D eigenvalue weighted by Gasteiger charge is 2.05. The third-order valence-corrected chi connectivity index (χ3v) is 2.38. The van der Waals surface area contributed by atoms with Crippen molar-refractivity contribution < 1.29 is 9.90 Å². The molecular formula is C10H13NO2S. The summed E-state index contributed by atoms with van der Waals surface area (Å²) in [5.74, 6) is -0.316. The molecule has 1 aromatic rings. The van der Waals surface area contributed by atoms with Gasteiger partial charge in [0.25, 0.3) is 0 Å². The van der Waals surface area contributed by atoms with E-state index in [-0.39, 0.29) is 6.04 Å². The lowest BCUT2D eigenvalue weighted by atomic mass is 10.0. The molecular weight excluding hydrogens is 198 g/mol. The number of carboxylic acids is 1. The number of carboxylic acid groups (broad SMARTS) is 1. The van der Waals surface area contributed by atoms with E-state index in [2.05, 4.69) is 12.6 Å². The zero-order valence-corrected chi connectivity index (χ0v) is 8.58. The molecule has 0 bridgehead atoms. The second kappa shape index (κ2) is 5.02. The number of rotatable bonds is 4. The van der Waals surface area contributed by atoms with E-state index >= 15 is 0 Å². The number of thiol groups is 1. The highest BCUT2D eigenvalue weighted by Crippen LogP contribution is 2.07. The Labute approximate surface area is 88.3 Å². The van der Waals surface area contributed by atoms with Crippen LogP contribution in [0.2, 0.25) is 0 Å². The summed E-state index contributed by atoms with van der Waals surface area (Å²) in [5, 5.41) is 8.75. The first-order valence-electron chi connectivity index (χ1n) is 4.32. The minimum atomic E-state index is -0.911. The summed E-state index contributed by atoms with van der Waals surface area (Å²) in [6.45, 7) is 0. The average molecular weight is 211 g/mol. The highest BCUT2D eigenvalue weighted by molar-refractivity contribution is 7.80. The molecule has 1 aromatic carbocycles. The van der Waals surface area contributed by atoms with Gasteiger partial charge in [0.2, 0.25) is 0 Å². The van der Waals surface area contributed by atoms with Gasteiger partial charge in [-0.05, 0) is 24.1 Å². The Morgan fingerprint density at radius 1 is 1.57 bits per heavy atom. The van der Waals surface area contributed by atoms with Crippen molar-refractivity contribution in [2.45, 2.75) is 12.5 Å². The van der Waals surface area contributed by atoms with E-state index < -0.39 is 5.97 Å². The van der Waals surface area contributed by atoms with Gasteiger partial charge >= 0.3 is 5.97 Å². The predicted octanol–water partition coefficient (Wildman–Crippen LogP) is 1.18. The van der Waals surface area contributed by atoms with Gasteiger partial charge in [-0.15, -0.1) is 0 Å². The standard InChI is InChI=1S/C10H13NO2S/c11-9(6-14)5-7-2-1-3-8(4-7)10(12)13/h1-4,9,14H,5-6,11H2,(H,12,13)/t9-/m0/s1. The van der Waals surface area contributed by atoms with Crippen LogP contribution >= 0.6 is 12.6 Å². The smallest absolute Gasteiger partial charge is 0.335 e. The number of aromatic carboxylic acids is 1. The summed E-state index contributed by atoms with van der Waals surface area (Å²) >= 11 is 4.07. The van der Waals surface area contributed by atoms with E-state index in [0.717, 1.165) is 5.56 Å². The maximum atomic E-state index is 10.7. The normalized spacial score (nSPS) is 12.4. The lowest BCUT2D eigenvalue weighted by Gasteiger charge is -2.08. The van der Waals surface area contributed by atoms with Crippen molar-refractivity contribution in [3.05, 3.63) is 35.4 Å². The summed E-state index contributed by atoms with van der Waals surface area (Å²) in [6, 6.07) is 6.78. The van der Waals surface area contributed by atoms with Gasteiger partial charge in [-0.2, -0.15) is 12.6 Å². The molecule has 3 N–H and O–H groups in total. The summed E-state index contributed by atoms with van der Waals surface area (Å²) in [4.78, 5) is 10.7. The van der Waals surface area contributed by atoms with Crippen LogP contribution in [0.5, 0.6) is 0 Å². The van der Waals surface area contributed by atoms with E-state index in [1.807, 2.05) is 6.07 Å². The van der Waals surface area contributed by atoms with Crippen LogP contribution in [0.25, 0.3) is 0 Å². The van der Waals surface area contributed by atoms with Gasteiger partial charge in [-0.25, -0.2) is 4.79 Å². The molecule has 0 fully saturated rings. The molecule has 0 radical (unpaired) electrons. The summed E-state index contributed by atoms with van der Waals surface area (Å²) in [7, 11) is 0. The monoisotopic (exact) mass is 211 g/mol. The van der Waals surface area contributed by atoms with E-state index in [1.54, 1.807) is 18.2 Å². The van der Waals surface area contributed by atoms with E-state index in [4.69, 9.17) is 10.8 Å². The second-order valence-electron chi connectivity index (χ2n) is 3.15. The van der Waals surface area contributed by atoms with Gasteiger partial charge in [0.15, 0.2) is 0 Å². The fourth-order valence-electron chi connectivity index (χ4n) is 1.20. The van der Waals surface area contributed by atoms with Gasteiger partial charge in [0.05, 0.1) is 5.56 Å². The van der Waals surface area contributed by atoms with E-state index in [1.165, 1.54) is 0 Å². The Hall–Kier alpha value is -1.00. The Kier molecular flexibility index (Phi) is 3.98. The molecule has 1 rings (SSSR count). The molecule has 0 unspecified atom stereocenters. The molecule has 0 spiro atoms. The third kappa shape index (κ3) is 3.05. The van der Waals surface area contributed by atoms with Crippen LogP contribution < -0.4 is 5.73 Å². The van der Waals surface area contributed by atoms with Crippen molar-refractivity contribution >= 4 is 18.6 Å². The summed E-state index contributed by atoms with van der Waals surface area (Å²) < 4.78 is 0. The molecule has 3 nitrogen and oxygen atoms in total. The molecule has 0 amide bonds. The van der Waals surface area contributed by atoms with Crippen LogP contribution in [0.15, 0.2) is 24.3 Å². The number of nitrogens with two attached hydrogens (primary N) is 1. The lowest BCUT2D eigenvalue weighted by Crippen LogP contribution is -2.24. The van der Waals surface area contributed by atoms with Crippen LogP contribution in [0.1, 0.15) is 15.9 Å². The quantitative estimate of drug-likeness (QED) is 0.655.